The van der Waals surface area contributed by atoms with Gasteiger partial charge in [0.1, 0.15) is 6.61 Å². The Labute approximate surface area is 115 Å². The Morgan fingerprint density at radius 3 is 2.82 bits per heavy atom. The summed E-state index contributed by atoms with van der Waals surface area (Å²) in [6.45, 7) is 1.03. The number of ether oxygens (including phenoxy) is 1. The predicted molar refractivity (Wildman–Crippen MR) is 74.7 cm³/mol. The first-order valence-corrected chi connectivity index (χ1v) is 6.84. The molecule has 0 radical (unpaired) electrons. The fraction of sp³-hybridized carbons (Fsp3) is 0.462. The summed E-state index contributed by atoms with van der Waals surface area (Å²) in [5.41, 5.74) is 1.23. The van der Waals surface area contributed by atoms with E-state index < -0.39 is 0 Å². The minimum Gasteiger partial charge on any atom is -0.375 e. The molecule has 1 atom stereocenters. The highest BCUT2D eigenvalue weighted by Gasteiger charge is 2.29. The second kappa shape index (κ2) is 5.82. The molecule has 2 rings (SSSR count). The minimum atomic E-state index is 0.0913. The monoisotopic (exact) mass is 345 g/mol. The fourth-order valence-electron chi connectivity index (χ4n) is 2.30. The number of rotatable bonds is 3. The first kappa shape index (κ1) is 12.8. The van der Waals surface area contributed by atoms with Crippen LogP contribution >= 0.6 is 22.6 Å². The lowest BCUT2D eigenvalue weighted by molar-refractivity contribution is -0.136. The number of carbonyl (C=O) groups is 1. The smallest absolute Gasteiger partial charge is 0.249 e. The number of nitrogens with zero attached hydrogens (tertiary/aromatic N) is 1. The normalized spacial score (nSPS) is 19.6. The number of methoxy groups -OCH3 is 1. The van der Waals surface area contributed by atoms with E-state index in [4.69, 9.17) is 4.74 Å². The molecule has 0 aliphatic carbocycles. The molecule has 1 fully saturated rings. The summed E-state index contributed by atoms with van der Waals surface area (Å²) in [6.07, 6.45) is 2.13. The number of amides is 1. The SMILES string of the molecule is COCC(=O)N1CCC[C@H]1c1ccc(I)cc1. The Kier molecular flexibility index (Phi) is 4.39. The van der Waals surface area contributed by atoms with Crippen molar-refractivity contribution in [1.82, 2.24) is 4.90 Å². The molecule has 1 aliphatic rings. The van der Waals surface area contributed by atoms with Crippen LogP contribution in [0.4, 0.5) is 0 Å². The molecule has 1 aromatic rings. The molecule has 0 aromatic heterocycles. The van der Waals surface area contributed by atoms with Crippen molar-refractivity contribution in [3.63, 3.8) is 0 Å². The second-order valence-corrected chi connectivity index (χ2v) is 5.48. The van der Waals surface area contributed by atoms with Gasteiger partial charge < -0.3 is 9.64 Å². The van der Waals surface area contributed by atoms with Gasteiger partial charge in [0.05, 0.1) is 6.04 Å². The Hall–Kier alpha value is -0.620. The van der Waals surface area contributed by atoms with Gasteiger partial charge >= 0.3 is 0 Å². The lowest BCUT2D eigenvalue weighted by atomic mass is 10.0. The molecule has 0 saturated carbocycles. The highest BCUT2D eigenvalue weighted by Crippen LogP contribution is 2.32. The van der Waals surface area contributed by atoms with Gasteiger partial charge in [0.15, 0.2) is 0 Å². The first-order chi connectivity index (χ1) is 8.22. The zero-order valence-corrected chi connectivity index (χ0v) is 12.0. The molecule has 4 heteroatoms. The summed E-state index contributed by atoms with van der Waals surface area (Å²) in [7, 11) is 1.56. The summed E-state index contributed by atoms with van der Waals surface area (Å²) in [4.78, 5) is 13.8. The highest BCUT2D eigenvalue weighted by molar-refractivity contribution is 14.1. The van der Waals surface area contributed by atoms with Crippen molar-refractivity contribution in [2.75, 3.05) is 20.3 Å². The van der Waals surface area contributed by atoms with Gasteiger partial charge in [-0.25, -0.2) is 0 Å². The summed E-state index contributed by atoms with van der Waals surface area (Å²) >= 11 is 2.29. The lowest BCUT2D eigenvalue weighted by Crippen LogP contribution is -2.33. The molecule has 92 valence electrons. The van der Waals surface area contributed by atoms with E-state index in [1.807, 2.05) is 4.90 Å². The first-order valence-electron chi connectivity index (χ1n) is 5.76. The average molecular weight is 345 g/mol. The van der Waals surface area contributed by atoms with Crippen molar-refractivity contribution in [2.24, 2.45) is 0 Å². The van der Waals surface area contributed by atoms with Crippen LogP contribution in [0.1, 0.15) is 24.4 Å². The number of carbonyl (C=O) groups excluding carboxylic acids is 1. The number of benzene rings is 1. The van der Waals surface area contributed by atoms with E-state index in [2.05, 4.69) is 46.9 Å². The molecule has 1 saturated heterocycles. The van der Waals surface area contributed by atoms with E-state index in [9.17, 15) is 4.79 Å². The molecule has 0 spiro atoms. The number of likely N-dealkylation sites (tertiary alicyclic amines) is 1. The summed E-state index contributed by atoms with van der Waals surface area (Å²) in [5, 5.41) is 0. The van der Waals surface area contributed by atoms with Gasteiger partial charge in [-0.2, -0.15) is 0 Å². The van der Waals surface area contributed by atoms with E-state index in [-0.39, 0.29) is 18.6 Å². The summed E-state index contributed by atoms with van der Waals surface area (Å²) in [5.74, 6) is 0.0913. The molecule has 1 heterocycles. The molecule has 0 unspecified atom stereocenters. The summed E-state index contributed by atoms with van der Waals surface area (Å²) in [6, 6.07) is 8.64. The van der Waals surface area contributed by atoms with Crippen molar-refractivity contribution < 1.29 is 9.53 Å². The van der Waals surface area contributed by atoms with Crippen LogP contribution in [0, 0.1) is 3.57 Å². The highest BCUT2D eigenvalue weighted by atomic mass is 127. The van der Waals surface area contributed by atoms with E-state index in [0.717, 1.165) is 19.4 Å². The molecule has 1 aliphatic heterocycles. The largest absolute Gasteiger partial charge is 0.375 e. The van der Waals surface area contributed by atoms with Gasteiger partial charge in [-0.05, 0) is 53.1 Å². The Balaban J connectivity index is 2.14. The maximum Gasteiger partial charge on any atom is 0.249 e. The molecule has 1 amide bonds. The average Bonchev–Trinajstić information content (AvgIpc) is 2.79. The zero-order valence-electron chi connectivity index (χ0n) is 9.86. The van der Waals surface area contributed by atoms with E-state index in [1.54, 1.807) is 7.11 Å². The zero-order chi connectivity index (χ0) is 12.3. The van der Waals surface area contributed by atoms with E-state index >= 15 is 0 Å². The van der Waals surface area contributed by atoms with Gasteiger partial charge in [-0.1, -0.05) is 12.1 Å². The van der Waals surface area contributed by atoms with Crippen LogP contribution in [-0.4, -0.2) is 31.1 Å². The lowest BCUT2D eigenvalue weighted by Gasteiger charge is -2.24. The fourth-order valence-corrected chi connectivity index (χ4v) is 2.66. The van der Waals surface area contributed by atoms with Crippen molar-refractivity contribution in [3.8, 4) is 0 Å². The van der Waals surface area contributed by atoms with Gasteiger partial charge in [0.25, 0.3) is 0 Å². The van der Waals surface area contributed by atoms with Crippen LogP contribution in [0.5, 0.6) is 0 Å². The third kappa shape index (κ3) is 2.98. The van der Waals surface area contributed by atoms with E-state index in [1.165, 1.54) is 9.13 Å². The third-order valence-electron chi connectivity index (χ3n) is 3.10. The quantitative estimate of drug-likeness (QED) is 0.789. The Morgan fingerprint density at radius 1 is 1.47 bits per heavy atom. The van der Waals surface area contributed by atoms with Crippen LogP contribution in [0.15, 0.2) is 24.3 Å². The van der Waals surface area contributed by atoms with Crippen molar-refractivity contribution in [1.29, 1.82) is 0 Å². The topological polar surface area (TPSA) is 29.5 Å². The van der Waals surface area contributed by atoms with Gasteiger partial charge in [-0.15, -0.1) is 0 Å². The van der Waals surface area contributed by atoms with Crippen LogP contribution in [0.2, 0.25) is 0 Å². The van der Waals surface area contributed by atoms with Crippen molar-refractivity contribution >= 4 is 28.5 Å². The van der Waals surface area contributed by atoms with Crippen molar-refractivity contribution in [2.45, 2.75) is 18.9 Å². The van der Waals surface area contributed by atoms with Crippen LogP contribution in [0.25, 0.3) is 0 Å². The predicted octanol–water partition coefficient (Wildman–Crippen LogP) is 2.60. The Bertz CT molecular complexity index is 391. The van der Waals surface area contributed by atoms with E-state index in [0.29, 0.717) is 0 Å². The second-order valence-electron chi connectivity index (χ2n) is 4.23. The van der Waals surface area contributed by atoms with Gasteiger partial charge in [-0.3, -0.25) is 4.79 Å². The number of halogens is 1. The standard InChI is InChI=1S/C13H16INO2/c1-17-9-13(16)15-8-2-3-12(15)10-4-6-11(14)7-5-10/h4-7,12H,2-3,8-9H2,1H3/t12-/m0/s1. The molecule has 17 heavy (non-hydrogen) atoms. The number of hydrogen-bond acceptors (Lipinski definition) is 2. The molecular weight excluding hydrogens is 329 g/mol. The van der Waals surface area contributed by atoms with Gasteiger partial charge in [0.2, 0.25) is 5.91 Å². The van der Waals surface area contributed by atoms with Crippen LogP contribution in [-0.2, 0) is 9.53 Å². The molecule has 0 N–H and O–H groups in total. The maximum absolute atomic E-state index is 11.9. The molecule has 0 bridgehead atoms. The van der Waals surface area contributed by atoms with Crippen molar-refractivity contribution in [3.05, 3.63) is 33.4 Å². The van der Waals surface area contributed by atoms with Gasteiger partial charge in [0, 0.05) is 17.2 Å². The number of hydrogen-bond donors (Lipinski definition) is 0. The molecular formula is C13H16INO2. The maximum atomic E-state index is 11.9. The van der Waals surface area contributed by atoms with Crippen LogP contribution < -0.4 is 0 Å². The molecule has 1 aromatic carbocycles. The Morgan fingerprint density at radius 2 is 2.18 bits per heavy atom. The minimum absolute atomic E-state index is 0.0913. The molecule has 3 nitrogen and oxygen atoms in total. The van der Waals surface area contributed by atoms with Crippen LogP contribution in [0.3, 0.4) is 0 Å². The third-order valence-corrected chi connectivity index (χ3v) is 3.81. The summed E-state index contributed by atoms with van der Waals surface area (Å²) < 4.78 is 6.15.